The number of rotatable bonds is 3. The number of amides is 1. The Hall–Kier alpha value is -3.13. The number of fused-ring (bicyclic) bond motifs is 1. The van der Waals surface area contributed by atoms with Crippen LogP contribution in [0.2, 0.25) is 0 Å². The highest BCUT2D eigenvalue weighted by molar-refractivity contribution is 6.19. The van der Waals surface area contributed by atoms with Gasteiger partial charge in [0, 0.05) is 18.7 Å². The van der Waals surface area contributed by atoms with E-state index in [2.05, 4.69) is 36.4 Å². The van der Waals surface area contributed by atoms with Gasteiger partial charge in [0.05, 0.1) is 0 Å². The molecule has 0 spiro atoms. The van der Waals surface area contributed by atoms with E-state index in [0.29, 0.717) is 13.1 Å². The molecule has 1 aliphatic heterocycles. The summed E-state index contributed by atoms with van der Waals surface area (Å²) in [5, 5.41) is 0. The molecule has 128 valence electrons. The molecule has 3 aromatic carbocycles. The lowest BCUT2D eigenvalue weighted by atomic mass is 9.96. The van der Waals surface area contributed by atoms with Gasteiger partial charge in [-0.3, -0.25) is 4.79 Å². The summed E-state index contributed by atoms with van der Waals surface area (Å²) >= 11 is 0. The summed E-state index contributed by atoms with van der Waals surface area (Å²) in [6.45, 7) is 1.24. The van der Waals surface area contributed by atoms with Crippen LogP contribution in [0.3, 0.4) is 0 Å². The Morgan fingerprint density at radius 3 is 2.08 bits per heavy atom. The Labute approximate surface area is 154 Å². The van der Waals surface area contributed by atoms with Crippen molar-refractivity contribution < 1.29 is 4.79 Å². The highest BCUT2D eigenvalue weighted by atomic mass is 16.2. The van der Waals surface area contributed by atoms with Crippen molar-refractivity contribution in [2.45, 2.75) is 19.5 Å². The molecule has 1 heterocycles. The predicted octanol–water partition coefficient (Wildman–Crippen LogP) is 4.86. The van der Waals surface area contributed by atoms with Crippen molar-refractivity contribution in [1.82, 2.24) is 4.90 Å². The average molecular weight is 339 g/mol. The Kier molecular flexibility index (Phi) is 4.65. The minimum Gasteiger partial charge on any atom is -0.330 e. The number of nitrogens with zero attached hydrogens (tertiary/aromatic N) is 1. The van der Waals surface area contributed by atoms with Crippen LogP contribution >= 0.6 is 0 Å². The SMILES string of the molecule is O=C1/C(c2ccccc2)=C\Cc2ccccc2CN1Cc1ccccc1. The summed E-state index contributed by atoms with van der Waals surface area (Å²) in [6.07, 6.45) is 2.86. The minimum atomic E-state index is 0.0922. The van der Waals surface area contributed by atoms with Crippen molar-refractivity contribution in [2.24, 2.45) is 0 Å². The molecular formula is C24H21NO. The molecule has 0 atom stereocenters. The van der Waals surface area contributed by atoms with Gasteiger partial charge in [0.15, 0.2) is 0 Å². The Morgan fingerprint density at radius 2 is 1.35 bits per heavy atom. The van der Waals surface area contributed by atoms with E-state index in [9.17, 15) is 4.79 Å². The molecule has 3 aromatic rings. The third-order valence-electron chi connectivity index (χ3n) is 4.82. The van der Waals surface area contributed by atoms with Crippen LogP contribution in [-0.4, -0.2) is 10.8 Å². The van der Waals surface area contributed by atoms with Crippen molar-refractivity contribution in [2.75, 3.05) is 0 Å². The summed E-state index contributed by atoms with van der Waals surface area (Å²) in [5.74, 6) is 0.0922. The van der Waals surface area contributed by atoms with E-state index < -0.39 is 0 Å². The summed E-state index contributed by atoms with van der Waals surface area (Å²) in [4.78, 5) is 15.3. The highest BCUT2D eigenvalue weighted by Gasteiger charge is 2.23. The van der Waals surface area contributed by atoms with E-state index in [1.807, 2.05) is 59.5 Å². The van der Waals surface area contributed by atoms with Gasteiger partial charge in [0.2, 0.25) is 0 Å². The first-order valence-electron chi connectivity index (χ1n) is 8.97. The molecule has 1 aliphatic rings. The van der Waals surface area contributed by atoms with Crippen LogP contribution in [0.1, 0.15) is 22.3 Å². The number of carbonyl (C=O) groups is 1. The molecule has 0 aliphatic carbocycles. The van der Waals surface area contributed by atoms with Crippen molar-refractivity contribution in [3.63, 3.8) is 0 Å². The van der Waals surface area contributed by atoms with E-state index in [0.717, 1.165) is 23.1 Å². The fourth-order valence-electron chi connectivity index (χ4n) is 3.45. The van der Waals surface area contributed by atoms with Crippen LogP contribution in [-0.2, 0) is 24.3 Å². The third kappa shape index (κ3) is 3.45. The van der Waals surface area contributed by atoms with Crippen LogP contribution in [0.5, 0.6) is 0 Å². The number of benzene rings is 3. The van der Waals surface area contributed by atoms with E-state index in [1.54, 1.807) is 0 Å². The summed E-state index contributed by atoms with van der Waals surface area (Å²) in [5.41, 5.74) is 5.42. The molecule has 0 unspecified atom stereocenters. The normalized spacial score (nSPS) is 16.2. The summed E-state index contributed by atoms with van der Waals surface area (Å²) < 4.78 is 0. The molecule has 2 nitrogen and oxygen atoms in total. The van der Waals surface area contributed by atoms with Crippen LogP contribution in [0.15, 0.2) is 91.0 Å². The molecule has 1 amide bonds. The van der Waals surface area contributed by atoms with Crippen LogP contribution < -0.4 is 0 Å². The maximum absolute atomic E-state index is 13.4. The Balaban J connectivity index is 1.75. The lowest BCUT2D eigenvalue weighted by Crippen LogP contribution is -2.32. The van der Waals surface area contributed by atoms with E-state index in [1.165, 1.54) is 11.1 Å². The Morgan fingerprint density at radius 1 is 0.731 bits per heavy atom. The second-order valence-corrected chi connectivity index (χ2v) is 6.60. The largest absolute Gasteiger partial charge is 0.330 e. The minimum absolute atomic E-state index is 0.0922. The maximum Gasteiger partial charge on any atom is 0.254 e. The van der Waals surface area contributed by atoms with Crippen LogP contribution in [0.4, 0.5) is 0 Å². The predicted molar refractivity (Wildman–Crippen MR) is 105 cm³/mol. The first-order chi connectivity index (χ1) is 12.8. The number of hydrogen-bond acceptors (Lipinski definition) is 1. The van der Waals surface area contributed by atoms with Crippen molar-refractivity contribution in [3.05, 3.63) is 113 Å². The van der Waals surface area contributed by atoms with Crippen LogP contribution in [0.25, 0.3) is 5.57 Å². The topological polar surface area (TPSA) is 20.3 Å². The van der Waals surface area contributed by atoms with Gasteiger partial charge in [-0.2, -0.15) is 0 Å². The number of hydrogen-bond donors (Lipinski definition) is 0. The van der Waals surface area contributed by atoms with Gasteiger partial charge in [-0.15, -0.1) is 0 Å². The second kappa shape index (κ2) is 7.40. The zero-order chi connectivity index (χ0) is 17.8. The van der Waals surface area contributed by atoms with E-state index in [-0.39, 0.29) is 5.91 Å². The van der Waals surface area contributed by atoms with Crippen molar-refractivity contribution in [1.29, 1.82) is 0 Å². The number of carbonyl (C=O) groups excluding carboxylic acids is 1. The lowest BCUT2D eigenvalue weighted by Gasteiger charge is -2.27. The molecule has 4 rings (SSSR count). The zero-order valence-corrected chi connectivity index (χ0v) is 14.6. The van der Waals surface area contributed by atoms with Gasteiger partial charge in [-0.05, 0) is 28.7 Å². The number of allylic oxidation sites excluding steroid dienone is 1. The molecule has 26 heavy (non-hydrogen) atoms. The van der Waals surface area contributed by atoms with Gasteiger partial charge in [0.1, 0.15) is 0 Å². The van der Waals surface area contributed by atoms with Gasteiger partial charge in [-0.25, -0.2) is 0 Å². The van der Waals surface area contributed by atoms with Gasteiger partial charge < -0.3 is 4.90 Å². The first-order valence-corrected chi connectivity index (χ1v) is 8.97. The highest BCUT2D eigenvalue weighted by Crippen LogP contribution is 2.25. The molecule has 0 saturated carbocycles. The standard InChI is InChI=1S/C24H21NO/c26-24-23(21-12-5-2-6-13-21)16-15-20-11-7-8-14-22(20)18-25(24)17-19-9-3-1-4-10-19/h1-14,16H,15,17-18H2/b23-16-. The Bertz CT molecular complexity index is 929. The summed E-state index contributed by atoms with van der Waals surface area (Å²) in [7, 11) is 0. The van der Waals surface area contributed by atoms with Crippen molar-refractivity contribution in [3.8, 4) is 0 Å². The average Bonchev–Trinajstić information content (AvgIpc) is 2.69. The summed E-state index contributed by atoms with van der Waals surface area (Å²) in [6, 6.07) is 28.6. The monoisotopic (exact) mass is 339 g/mol. The van der Waals surface area contributed by atoms with Crippen molar-refractivity contribution >= 4 is 11.5 Å². The van der Waals surface area contributed by atoms with Gasteiger partial charge in [-0.1, -0.05) is 91.0 Å². The fraction of sp³-hybridized carbons (Fsp3) is 0.125. The second-order valence-electron chi connectivity index (χ2n) is 6.60. The molecule has 0 aromatic heterocycles. The quantitative estimate of drug-likeness (QED) is 0.667. The molecule has 0 fully saturated rings. The maximum atomic E-state index is 13.4. The third-order valence-corrected chi connectivity index (χ3v) is 4.82. The molecule has 0 radical (unpaired) electrons. The molecule has 0 bridgehead atoms. The van der Waals surface area contributed by atoms with Gasteiger partial charge >= 0.3 is 0 Å². The molecular weight excluding hydrogens is 318 g/mol. The lowest BCUT2D eigenvalue weighted by molar-refractivity contribution is -0.126. The van der Waals surface area contributed by atoms with Gasteiger partial charge in [0.25, 0.3) is 5.91 Å². The molecule has 0 N–H and O–H groups in total. The molecule has 2 heteroatoms. The molecule has 0 saturated heterocycles. The van der Waals surface area contributed by atoms with Crippen LogP contribution in [0, 0.1) is 0 Å². The van der Waals surface area contributed by atoms with E-state index >= 15 is 0 Å². The smallest absolute Gasteiger partial charge is 0.254 e. The van der Waals surface area contributed by atoms with E-state index in [4.69, 9.17) is 0 Å². The first kappa shape index (κ1) is 16.3. The fourth-order valence-corrected chi connectivity index (χ4v) is 3.45. The zero-order valence-electron chi connectivity index (χ0n) is 14.6.